The fourth-order valence-corrected chi connectivity index (χ4v) is 2.71. The van der Waals surface area contributed by atoms with E-state index in [0.717, 1.165) is 13.0 Å². The van der Waals surface area contributed by atoms with E-state index >= 15 is 0 Å². The van der Waals surface area contributed by atoms with Crippen LogP contribution in [0.2, 0.25) is 0 Å². The molecule has 1 atom stereocenters. The third kappa shape index (κ3) is 3.30. The fourth-order valence-electron chi connectivity index (χ4n) is 2.71. The Morgan fingerprint density at radius 2 is 2.19 bits per heavy atom. The van der Waals surface area contributed by atoms with Crippen molar-refractivity contribution in [2.24, 2.45) is 0 Å². The lowest BCUT2D eigenvalue weighted by Crippen LogP contribution is -2.33. The number of nitriles is 1. The second kappa shape index (κ2) is 6.53. The minimum absolute atomic E-state index is 0.368. The van der Waals surface area contributed by atoms with Gasteiger partial charge in [0.25, 0.3) is 0 Å². The van der Waals surface area contributed by atoms with Crippen LogP contribution in [0.15, 0.2) is 29.5 Å². The molecule has 2 N–H and O–H groups in total. The first-order valence-electron chi connectivity index (χ1n) is 7.36. The maximum Gasteiger partial charge on any atom is 0.139 e. The van der Waals surface area contributed by atoms with Gasteiger partial charge in [0.2, 0.25) is 0 Å². The molecule has 4 nitrogen and oxygen atoms in total. The molecular formula is C17H23N3O. The van der Waals surface area contributed by atoms with Crippen LogP contribution in [0.4, 0.5) is 5.69 Å². The molecule has 0 unspecified atom stereocenters. The molecule has 1 saturated heterocycles. The summed E-state index contributed by atoms with van der Waals surface area (Å²) >= 11 is 0. The number of nitrogens with zero attached hydrogens (tertiary/aromatic N) is 2. The van der Waals surface area contributed by atoms with Crippen LogP contribution in [-0.4, -0.2) is 24.1 Å². The lowest BCUT2D eigenvalue weighted by Gasteiger charge is -2.28. The number of hydrogen-bond acceptors (Lipinski definition) is 4. The van der Waals surface area contributed by atoms with Crippen LogP contribution in [0.1, 0.15) is 39.2 Å². The number of rotatable bonds is 4. The zero-order valence-corrected chi connectivity index (χ0v) is 13.0. The number of ether oxygens (including phenoxy) is 1. The number of anilines is 1. The average molecular weight is 285 g/mol. The molecule has 0 aliphatic carbocycles. The van der Waals surface area contributed by atoms with Crippen molar-refractivity contribution >= 4 is 5.69 Å². The van der Waals surface area contributed by atoms with Gasteiger partial charge in [0, 0.05) is 12.2 Å². The molecule has 4 heteroatoms. The van der Waals surface area contributed by atoms with E-state index < -0.39 is 0 Å². The number of nitrogen functional groups attached to an aromatic ring is 1. The van der Waals surface area contributed by atoms with Crippen molar-refractivity contribution in [1.82, 2.24) is 4.90 Å². The van der Waals surface area contributed by atoms with Crippen molar-refractivity contribution in [3.63, 3.8) is 0 Å². The van der Waals surface area contributed by atoms with Crippen molar-refractivity contribution in [2.75, 3.05) is 18.9 Å². The normalized spacial score (nSPS) is 17.4. The van der Waals surface area contributed by atoms with Gasteiger partial charge in [0.15, 0.2) is 0 Å². The molecule has 1 aliphatic heterocycles. The van der Waals surface area contributed by atoms with Gasteiger partial charge in [-0.05, 0) is 45.7 Å². The van der Waals surface area contributed by atoms with E-state index in [4.69, 9.17) is 10.5 Å². The molecule has 0 aromatic heterocycles. The van der Waals surface area contributed by atoms with Gasteiger partial charge in [-0.25, -0.2) is 0 Å². The van der Waals surface area contributed by atoms with Gasteiger partial charge in [-0.3, -0.25) is 0 Å². The monoisotopic (exact) mass is 285 g/mol. The summed E-state index contributed by atoms with van der Waals surface area (Å²) in [5, 5.41) is 9.18. The molecule has 1 fully saturated rings. The smallest absolute Gasteiger partial charge is 0.139 e. The summed E-state index contributed by atoms with van der Waals surface area (Å²) in [4.78, 5) is 2.41. The highest BCUT2D eigenvalue weighted by Crippen LogP contribution is 2.27. The predicted molar refractivity (Wildman–Crippen MR) is 84.8 cm³/mol. The van der Waals surface area contributed by atoms with E-state index in [1.165, 1.54) is 17.7 Å². The lowest BCUT2D eigenvalue weighted by atomic mass is 10.1. The number of nitrogens with two attached hydrogens (primary N) is 1. The van der Waals surface area contributed by atoms with Crippen molar-refractivity contribution < 1.29 is 4.74 Å². The molecule has 1 aromatic carbocycles. The van der Waals surface area contributed by atoms with Crippen molar-refractivity contribution in [3.8, 4) is 11.8 Å². The molecule has 1 aromatic rings. The second-order valence-electron chi connectivity index (χ2n) is 5.72. The molecular weight excluding hydrogens is 262 g/mol. The Bertz CT molecular complexity index is 582. The summed E-state index contributed by atoms with van der Waals surface area (Å²) < 4.78 is 5.89. The van der Waals surface area contributed by atoms with Crippen LogP contribution in [-0.2, 0) is 0 Å². The Labute approximate surface area is 126 Å². The largest absolute Gasteiger partial charge is 0.490 e. The van der Waals surface area contributed by atoms with Crippen LogP contribution in [0.25, 0.3) is 0 Å². The number of likely N-dealkylation sites (tertiary alicyclic amines) is 1. The maximum atomic E-state index is 9.18. The predicted octanol–water partition coefficient (Wildman–Crippen LogP) is 3.30. The van der Waals surface area contributed by atoms with E-state index in [0.29, 0.717) is 29.6 Å². The summed E-state index contributed by atoms with van der Waals surface area (Å²) in [6, 6.07) is 7.84. The molecule has 0 radical (unpaired) electrons. The summed E-state index contributed by atoms with van der Waals surface area (Å²) in [6.07, 6.45) is 2.30. The quantitative estimate of drug-likeness (QED) is 0.862. The summed E-state index contributed by atoms with van der Waals surface area (Å²) in [5.74, 6) is 0.583. The topological polar surface area (TPSA) is 62.3 Å². The summed E-state index contributed by atoms with van der Waals surface area (Å²) in [5.41, 5.74) is 9.38. The Kier molecular flexibility index (Phi) is 4.74. The molecule has 112 valence electrons. The van der Waals surface area contributed by atoms with Crippen LogP contribution in [0.5, 0.6) is 5.75 Å². The zero-order chi connectivity index (χ0) is 15.4. The third-order valence-corrected chi connectivity index (χ3v) is 4.13. The lowest BCUT2D eigenvalue weighted by molar-refractivity contribution is 0.202. The van der Waals surface area contributed by atoms with Gasteiger partial charge in [-0.15, -0.1) is 0 Å². The second-order valence-corrected chi connectivity index (χ2v) is 5.72. The van der Waals surface area contributed by atoms with Gasteiger partial charge in [0.1, 0.15) is 24.0 Å². The van der Waals surface area contributed by atoms with Gasteiger partial charge >= 0.3 is 0 Å². The number of hydrogen-bond donors (Lipinski definition) is 1. The van der Waals surface area contributed by atoms with E-state index in [1.54, 1.807) is 6.07 Å². The van der Waals surface area contributed by atoms with Crippen LogP contribution >= 0.6 is 0 Å². The maximum absolute atomic E-state index is 9.18. The minimum atomic E-state index is 0.368. The minimum Gasteiger partial charge on any atom is -0.490 e. The number of allylic oxidation sites excluding steroid dienone is 2. The molecule has 0 amide bonds. The Balaban J connectivity index is 2.08. The highest BCUT2D eigenvalue weighted by atomic mass is 16.5. The van der Waals surface area contributed by atoms with E-state index in [9.17, 15) is 5.26 Å². The fraction of sp³-hybridized carbons (Fsp3) is 0.471. The third-order valence-electron chi connectivity index (χ3n) is 4.13. The van der Waals surface area contributed by atoms with Crippen molar-refractivity contribution in [3.05, 3.63) is 35.0 Å². The average Bonchev–Trinajstić information content (AvgIpc) is 2.92. The van der Waals surface area contributed by atoms with Gasteiger partial charge in [0.05, 0.1) is 11.7 Å². The Morgan fingerprint density at radius 1 is 1.43 bits per heavy atom. The Hall–Kier alpha value is -2.15. The highest BCUT2D eigenvalue weighted by Gasteiger charge is 2.26. The Morgan fingerprint density at radius 3 is 2.86 bits per heavy atom. The zero-order valence-electron chi connectivity index (χ0n) is 13.0. The van der Waals surface area contributed by atoms with Crippen molar-refractivity contribution in [2.45, 2.75) is 39.7 Å². The highest BCUT2D eigenvalue weighted by molar-refractivity contribution is 5.60. The SMILES string of the molecule is CC(C)=C(C)N1CCC[C@@H]1COc1cccc(N)c1C#N. The first kappa shape index (κ1) is 15.2. The summed E-state index contributed by atoms with van der Waals surface area (Å²) in [6.45, 7) is 8.10. The van der Waals surface area contributed by atoms with Crippen LogP contribution in [0, 0.1) is 11.3 Å². The standard InChI is InChI=1S/C17H23N3O/c1-12(2)13(3)20-9-5-6-14(20)11-21-17-8-4-7-16(19)15(17)10-18/h4,7-8,14H,5-6,9,11,19H2,1-3H3/t14-/m1/s1. The summed E-state index contributed by atoms with van der Waals surface area (Å²) in [7, 11) is 0. The van der Waals surface area contributed by atoms with E-state index in [-0.39, 0.29) is 0 Å². The molecule has 0 bridgehead atoms. The van der Waals surface area contributed by atoms with Gasteiger partial charge in [-0.1, -0.05) is 11.6 Å². The van der Waals surface area contributed by atoms with Crippen LogP contribution in [0.3, 0.4) is 0 Å². The number of benzene rings is 1. The van der Waals surface area contributed by atoms with Gasteiger partial charge < -0.3 is 15.4 Å². The molecule has 1 aliphatic rings. The first-order valence-corrected chi connectivity index (χ1v) is 7.36. The molecule has 2 rings (SSSR count). The molecule has 0 spiro atoms. The van der Waals surface area contributed by atoms with E-state index in [1.807, 2.05) is 12.1 Å². The molecule has 21 heavy (non-hydrogen) atoms. The van der Waals surface area contributed by atoms with E-state index in [2.05, 4.69) is 31.7 Å². The molecule has 1 heterocycles. The van der Waals surface area contributed by atoms with Gasteiger partial charge in [-0.2, -0.15) is 5.26 Å². The van der Waals surface area contributed by atoms with Crippen LogP contribution < -0.4 is 10.5 Å². The molecule has 0 saturated carbocycles. The first-order chi connectivity index (χ1) is 10.0. The van der Waals surface area contributed by atoms with Crippen molar-refractivity contribution in [1.29, 1.82) is 5.26 Å².